The Labute approximate surface area is 196 Å². The van der Waals surface area contributed by atoms with Crippen LogP contribution in [0.3, 0.4) is 0 Å². The first-order chi connectivity index (χ1) is 15.6. The molecule has 4 rings (SSSR count). The minimum Gasteiger partial charge on any atom is -0.755 e. The van der Waals surface area contributed by atoms with Gasteiger partial charge in [0.15, 0.2) is 0 Å². The fourth-order valence-corrected chi connectivity index (χ4v) is 4.29. The summed E-state index contributed by atoms with van der Waals surface area (Å²) in [5, 5.41) is 3.37. The number of benzene rings is 3. The third kappa shape index (κ3) is 4.69. The summed E-state index contributed by atoms with van der Waals surface area (Å²) in [6, 6.07) is 19.7. The van der Waals surface area contributed by atoms with Gasteiger partial charge in [0.25, 0.3) is 5.91 Å². The fraction of sp³-hybridized carbons (Fsp3) is 0.0870. The van der Waals surface area contributed by atoms with Gasteiger partial charge in [0, 0.05) is 24.3 Å². The molecule has 7 nitrogen and oxygen atoms in total. The molecular formula is C23H18BrN4O3S-. The number of alkyl halides is 1. The second-order valence-electron chi connectivity index (χ2n) is 6.87. The second kappa shape index (κ2) is 9.99. The molecule has 9 heteroatoms. The zero-order valence-electron chi connectivity index (χ0n) is 16.8. The molecule has 1 atom stereocenters. The van der Waals surface area contributed by atoms with Crippen LogP contribution < -0.4 is 9.62 Å². The Morgan fingerprint density at radius 2 is 1.75 bits per heavy atom. The van der Waals surface area contributed by atoms with Gasteiger partial charge in [-0.15, -0.1) is 0 Å². The summed E-state index contributed by atoms with van der Waals surface area (Å²) >= 11 is 0.683. The van der Waals surface area contributed by atoms with Crippen LogP contribution in [0.25, 0.3) is 11.0 Å². The smallest absolute Gasteiger partial charge is 0.253 e. The van der Waals surface area contributed by atoms with Crippen LogP contribution in [-0.4, -0.2) is 24.6 Å². The average Bonchev–Trinajstić information content (AvgIpc) is 2.83. The van der Waals surface area contributed by atoms with Crippen molar-refractivity contribution in [3.63, 3.8) is 0 Å². The quantitative estimate of drug-likeness (QED) is 0.294. The maximum Gasteiger partial charge on any atom is 0.253 e. The summed E-state index contributed by atoms with van der Waals surface area (Å²) in [4.78, 5) is 21.7. The number of hydrogen-bond donors (Lipinski definition) is 1. The molecule has 0 saturated carbocycles. The van der Waals surface area contributed by atoms with Crippen LogP contribution in [0.5, 0.6) is 0 Å². The molecule has 3 aromatic carbocycles. The summed E-state index contributed by atoms with van der Waals surface area (Å²) in [6.07, 6.45) is 3.04. The van der Waals surface area contributed by atoms with Crippen molar-refractivity contribution in [3.05, 3.63) is 95.8 Å². The van der Waals surface area contributed by atoms with Crippen molar-refractivity contribution in [1.29, 1.82) is 0 Å². The molecule has 1 heterocycles. The van der Waals surface area contributed by atoms with E-state index >= 15 is 0 Å². The van der Waals surface area contributed by atoms with Gasteiger partial charge in [-0.3, -0.25) is 23.3 Å². The topological polar surface area (TPSA) is 98.2 Å². The lowest BCUT2D eigenvalue weighted by Crippen LogP contribution is -2.27. The first-order valence-electron chi connectivity index (χ1n) is 9.68. The van der Waals surface area contributed by atoms with Crippen molar-refractivity contribution in [1.82, 2.24) is 15.3 Å². The van der Waals surface area contributed by atoms with Gasteiger partial charge >= 0.3 is 0 Å². The Morgan fingerprint density at radius 1 is 0.969 bits per heavy atom. The molecule has 4 aromatic rings. The van der Waals surface area contributed by atoms with E-state index in [1.165, 1.54) is 6.20 Å². The largest absolute Gasteiger partial charge is 0.755 e. The van der Waals surface area contributed by atoms with Gasteiger partial charge in [0.2, 0.25) is 0 Å². The molecule has 162 valence electrons. The van der Waals surface area contributed by atoms with E-state index in [2.05, 4.69) is 31.2 Å². The number of rotatable bonds is 7. The van der Waals surface area contributed by atoms with Crippen LogP contribution in [0.2, 0.25) is 0 Å². The molecule has 32 heavy (non-hydrogen) atoms. The Balaban J connectivity index is 1.79. The van der Waals surface area contributed by atoms with E-state index in [1.807, 2.05) is 30.3 Å². The van der Waals surface area contributed by atoms with Crippen LogP contribution in [0, 0.1) is 0 Å². The molecule has 1 unspecified atom stereocenters. The normalized spacial score (nSPS) is 11.8. The molecule has 1 amide bonds. The van der Waals surface area contributed by atoms with Crippen LogP contribution in [0.4, 0.5) is 11.4 Å². The molecule has 0 bridgehead atoms. The van der Waals surface area contributed by atoms with Gasteiger partial charge in [0.1, 0.15) is 5.52 Å². The molecular weight excluding hydrogens is 492 g/mol. The van der Waals surface area contributed by atoms with Gasteiger partial charge in [-0.25, -0.2) is 0 Å². The van der Waals surface area contributed by atoms with Crippen molar-refractivity contribution < 1.29 is 13.6 Å². The molecule has 1 N–H and O–H groups in total. The maximum absolute atomic E-state index is 13.1. The van der Waals surface area contributed by atoms with Crippen molar-refractivity contribution in [2.75, 3.05) is 4.31 Å². The maximum atomic E-state index is 13.1. The van der Waals surface area contributed by atoms with E-state index in [9.17, 15) is 13.6 Å². The van der Waals surface area contributed by atoms with Crippen molar-refractivity contribution in [3.8, 4) is 0 Å². The average molecular weight is 510 g/mol. The number of para-hydroxylation sites is 1. The fourth-order valence-electron chi connectivity index (χ4n) is 3.33. The first kappa shape index (κ1) is 22.1. The zero-order chi connectivity index (χ0) is 22.5. The van der Waals surface area contributed by atoms with Gasteiger partial charge in [-0.1, -0.05) is 58.4 Å². The molecule has 1 aromatic heterocycles. The number of carbonyl (C=O) groups excluding carboxylic acids is 1. The number of hydrogen-bond acceptors (Lipinski definition) is 5. The molecule has 0 radical (unpaired) electrons. The zero-order valence-corrected chi connectivity index (χ0v) is 19.2. The summed E-state index contributed by atoms with van der Waals surface area (Å²) in [7, 11) is 0. The summed E-state index contributed by atoms with van der Waals surface area (Å²) in [5.74, 6) is -0.383. The molecule has 0 aliphatic rings. The number of halogens is 1. The van der Waals surface area contributed by atoms with Crippen molar-refractivity contribution >= 4 is 55.5 Å². The molecule has 0 fully saturated rings. The van der Waals surface area contributed by atoms with Crippen LogP contribution >= 0.6 is 15.9 Å². The third-order valence-corrected chi connectivity index (χ3v) is 6.16. The lowest BCUT2D eigenvalue weighted by atomic mass is 10.1. The molecule has 0 spiro atoms. The van der Waals surface area contributed by atoms with Crippen LogP contribution in [0.15, 0.2) is 79.1 Å². The molecule has 0 aliphatic heterocycles. The van der Waals surface area contributed by atoms with Gasteiger partial charge < -0.3 is 9.87 Å². The van der Waals surface area contributed by atoms with E-state index in [0.29, 0.717) is 28.6 Å². The Bertz CT molecular complexity index is 1280. The predicted molar refractivity (Wildman–Crippen MR) is 127 cm³/mol. The molecule has 0 aliphatic carbocycles. The molecule has 0 saturated heterocycles. The summed E-state index contributed by atoms with van der Waals surface area (Å²) in [5.41, 5.74) is 3.50. The number of carbonyl (C=O) groups is 1. The SMILES string of the molecule is O=C(NCc1ccccc1)c1ccc(CBr)cc1N(c1cccc2nccnc12)S(=O)[O-]. The minimum absolute atomic E-state index is 0.232. The number of nitrogens with zero attached hydrogens (tertiary/aromatic N) is 3. The first-order valence-corrected chi connectivity index (χ1v) is 11.8. The highest BCUT2D eigenvalue weighted by Crippen LogP contribution is 2.35. The Morgan fingerprint density at radius 3 is 2.50 bits per heavy atom. The van der Waals surface area contributed by atoms with E-state index in [-0.39, 0.29) is 17.2 Å². The highest BCUT2D eigenvalue weighted by Gasteiger charge is 2.22. The second-order valence-corrected chi connectivity index (χ2v) is 8.23. The van der Waals surface area contributed by atoms with Gasteiger partial charge in [-0.05, 0) is 35.4 Å². The van der Waals surface area contributed by atoms with Crippen LogP contribution in [-0.2, 0) is 23.1 Å². The van der Waals surface area contributed by atoms with Crippen molar-refractivity contribution in [2.24, 2.45) is 0 Å². The van der Waals surface area contributed by atoms with E-state index in [0.717, 1.165) is 15.4 Å². The van der Waals surface area contributed by atoms with Crippen molar-refractivity contribution in [2.45, 2.75) is 11.9 Å². The van der Waals surface area contributed by atoms with E-state index in [1.54, 1.807) is 42.6 Å². The standard InChI is InChI=1S/C23H19BrN4O3S/c24-14-17-9-10-18(23(29)27-15-16-5-2-1-3-6-16)21(13-17)28(32(30)31)20-8-4-7-19-22(20)26-12-11-25-19/h1-13H,14-15H2,(H,27,29)(H,30,31)/p-1. The summed E-state index contributed by atoms with van der Waals surface area (Å²) < 4.78 is 25.9. The Hall–Kier alpha value is -3.14. The number of nitrogens with one attached hydrogen (secondary N) is 1. The van der Waals surface area contributed by atoms with Gasteiger partial charge in [-0.2, -0.15) is 0 Å². The highest BCUT2D eigenvalue weighted by atomic mass is 79.9. The predicted octanol–water partition coefficient (Wildman–Crippen LogP) is 4.39. The highest BCUT2D eigenvalue weighted by molar-refractivity contribution is 9.08. The van der Waals surface area contributed by atoms with Gasteiger partial charge in [0.05, 0.1) is 33.7 Å². The monoisotopic (exact) mass is 509 g/mol. The lowest BCUT2D eigenvalue weighted by molar-refractivity contribution is 0.0951. The number of amides is 1. The van der Waals surface area contributed by atoms with Crippen LogP contribution in [0.1, 0.15) is 21.5 Å². The lowest BCUT2D eigenvalue weighted by Gasteiger charge is -2.29. The number of anilines is 2. The number of aromatic nitrogens is 2. The third-order valence-electron chi connectivity index (χ3n) is 4.82. The van der Waals surface area contributed by atoms with E-state index < -0.39 is 11.3 Å². The Kier molecular flexibility index (Phi) is 6.89. The number of fused-ring (bicyclic) bond motifs is 1. The minimum atomic E-state index is -2.72. The van der Waals surface area contributed by atoms with E-state index in [4.69, 9.17) is 0 Å². The summed E-state index contributed by atoms with van der Waals surface area (Å²) in [6.45, 7) is 0.319.